The predicted octanol–water partition coefficient (Wildman–Crippen LogP) is 2.74. The molecule has 216 valence electrons. The fourth-order valence-corrected chi connectivity index (χ4v) is 7.55. The van der Waals surface area contributed by atoms with Crippen LogP contribution in [0, 0.1) is 0 Å². The average molecular weight is 627 g/mol. The molecule has 2 aromatic rings. The quantitative estimate of drug-likeness (QED) is 0.361. The van der Waals surface area contributed by atoms with Crippen LogP contribution >= 0.6 is 23.5 Å². The van der Waals surface area contributed by atoms with Gasteiger partial charge in [-0.2, -0.15) is 16.8 Å². The van der Waals surface area contributed by atoms with E-state index in [4.69, 9.17) is 0 Å². The third-order valence-corrected chi connectivity index (χ3v) is 9.75. The zero-order valence-electron chi connectivity index (χ0n) is 22.3. The molecule has 2 aromatic carbocycles. The van der Waals surface area contributed by atoms with Crippen LogP contribution in [0.15, 0.2) is 67.1 Å². The van der Waals surface area contributed by atoms with Gasteiger partial charge in [0.15, 0.2) is 10.3 Å². The molecule has 0 bridgehead atoms. The van der Waals surface area contributed by atoms with Gasteiger partial charge in [0.25, 0.3) is 20.0 Å². The number of sulfonamides is 2. The topological polar surface area (TPSA) is 158 Å². The molecule has 0 spiro atoms. The molecule has 0 radical (unpaired) electrons. The molecule has 1 heterocycles. The van der Waals surface area contributed by atoms with E-state index < -0.39 is 20.0 Å². The van der Waals surface area contributed by atoms with Gasteiger partial charge in [-0.05, 0) is 61.0 Å². The maximum Gasteiger partial charge on any atom is 0.284 e. The number of amides is 2. The maximum atomic E-state index is 12.9. The molecule has 0 aromatic heterocycles. The molecular formula is C24H30N6O6S4. The summed E-state index contributed by atoms with van der Waals surface area (Å²) in [6.45, 7) is 4.34. The molecule has 16 heteroatoms. The lowest BCUT2D eigenvalue weighted by Crippen LogP contribution is -2.49. The second-order valence-electron chi connectivity index (χ2n) is 8.49. The summed E-state index contributed by atoms with van der Waals surface area (Å²) in [5.74, 6) is -0.524. The lowest BCUT2D eigenvalue weighted by atomic mass is 10.3. The summed E-state index contributed by atoms with van der Waals surface area (Å²) >= 11 is 2.40. The summed E-state index contributed by atoms with van der Waals surface area (Å²) in [5.41, 5.74) is 0.957. The minimum absolute atomic E-state index is 0.00101. The van der Waals surface area contributed by atoms with Crippen LogP contribution < -0.4 is 10.6 Å². The monoisotopic (exact) mass is 626 g/mol. The summed E-state index contributed by atoms with van der Waals surface area (Å²) < 4.78 is 59.8. The van der Waals surface area contributed by atoms with E-state index in [1.807, 2.05) is 9.80 Å². The van der Waals surface area contributed by atoms with Crippen LogP contribution in [0.5, 0.6) is 0 Å². The van der Waals surface area contributed by atoms with Crippen molar-refractivity contribution in [1.29, 1.82) is 0 Å². The van der Waals surface area contributed by atoms with Crippen molar-refractivity contribution in [2.75, 3.05) is 49.3 Å². The predicted molar refractivity (Wildman–Crippen MR) is 161 cm³/mol. The highest BCUT2D eigenvalue weighted by Gasteiger charge is 2.25. The third-order valence-electron chi connectivity index (χ3n) is 5.53. The largest absolute Gasteiger partial charge is 0.347 e. The van der Waals surface area contributed by atoms with Crippen LogP contribution in [0.3, 0.4) is 0 Å². The zero-order valence-corrected chi connectivity index (χ0v) is 25.6. The number of carbonyl (C=O) groups is 2. The van der Waals surface area contributed by atoms with Crippen molar-refractivity contribution < 1.29 is 26.4 Å². The van der Waals surface area contributed by atoms with Crippen molar-refractivity contribution in [3.63, 3.8) is 0 Å². The molecule has 0 atom stereocenters. The number of piperazine rings is 1. The third kappa shape index (κ3) is 8.46. The Morgan fingerprint density at radius 3 is 1.20 bits per heavy atom. The molecule has 0 saturated carbocycles. The molecule has 2 amide bonds. The van der Waals surface area contributed by atoms with Crippen molar-refractivity contribution in [2.45, 2.75) is 23.6 Å². The highest BCUT2D eigenvalue weighted by atomic mass is 32.2. The molecule has 2 N–H and O–H groups in total. The van der Waals surface area contributed by atoms with E-state index in [1.165, 1.54) is 85.9 Å². The first-order valence-electron chi connectivity index (χ1n) is 11.9. The highest BCUT2D eigenvalue weighted by molar-refractivity contribution is 8.14. The lowest BCUT2D eigenvalue weighted by Gasteiger charge is -2.36. The first kappa shape index (κ1) is 31.4. The molecule has 12 nitrogen and oxygen atoms in total. The van der Waals surface area contributed by atoms with Gasteiger partial charge in [0.1, 0.15) is 0 Å². The normalized spacial score (nSPS) is 15.1. The van der Waals surface area contributed by atoms with Crippen molar-refractivity contribution >= 4 is 77.1 Å². The van der Waals surface area contributed by atoms with Gasteiger partial charge in [0, 0.05) is 51.4 Å². The summed E-state index contributed by atoms with van der Waals surface area (Å²) in [6.07, 6.45) is 3.47. The Bertz CT molecular complexity index is 1380. The van der Waals surface area contributed by atoms with E-state index in [0.717, 1.165) is 0 Å². The van der Waals surface area contributed by atoms with E-state index in [-0.39, 0.29) is 21.6 Å². The molecule has 0 aliphatic carbocycles. The van der Waals surface area contributed by atoms with Gasteiger partial charge in [-0.1, -0.05) is 23.5 Å². The zero-order chi connectivity index (χ0) is 29.5. The fraction of sp³-hybridized carbons (Fsp3) is 0.333. The Labute approximate surface area is 242 Å². The number of amidine groups is 2. The first-order valence-corrected chi connectivity index (χ1v) is 17.2. The number of nitrogens with one attached hydrogen (secondary N) is 2. The number of rotatable bonds is 6. The molecule has 40 heavy (non-hydrogen) atoms. The minimum atomic E-state index is -4.00. The summed E-state index contributed by atoms with van der Waals surface area (Å²) in [4.78, 5) is 26.1. The number of hydrogen-bond donors (Lipinski definition) is 2. The number of thioether (sulfide) groups is 2. The van der Waals surface area contributed by atoms with E-state index in [0.29, 0.717) is 47.9 Å². The van der Waals surface area contributed by atoms with E-state index in [9.17, 15) is 26.4 Å². The van der Waals surface area contributed by atoms with Gasteiger partial charge in [-0.3, -0.25) is 9.59 Å². The number of hydrogen-bond acceptors (Lipinski definition) is 8. The minimum Gasteiger partial charge on any atom is -0.347 e. The van der Waals surface area contributed by atoms with E-state index in [2.05, 4.69) is 19.4 Å². The standard InChI is InChI=1S/C24H30N6O6S4/c1-17(31)25-19-5-9-21(10-6-19)39(33,34)27-23(37-3)29-13-15-30(16-14-29)24(38-4)28-40(35,36)22-11-7-20(8-12-22)26-18(2)32/h5-12H,13-16H2,1-4H3,(H,25,31)(H,26,32)/b27-23+,28-24+. The van der Waals surface area contributed by atoms with E-state index >= 15 is 0 Å². The van der Waals surface area contributed by atoms with Crippen LogP contribution in [0.2, 0.25) is 0 Å². The average Bonchev–Trinajstić information content (AvgIpc) is 2.90. The number of anilines is 2. The van der Waals surface area contributed by atoms with Gasteiger partial charge < -0.3 is 20.4 Å². The Morgan fingerprint density at radius 2 is 0.950 bits per heavy atom. The molecule has 3 rings (SSSR count). The highest BCUT2D eigenvalue weighted by Crippen LogP contribution is 2.22. The smallest absolute Gasteiger partial charge is 0.284 e. The van der Waals surface area contributed by atoms with E-state index in [1.54, 1.807) is 12.5 Å². The van der Waals surface area contributed by atoms with Gasteiger partial charge in [0.05, 0.1) is 9.79 Å². The second kappa shape index (κ2) is 13.5. The molecule has 0 unspecified atom stereocenters. The van der Waals surface area contributed by atoms with Crippen molar-refractivity contribution in [3.8, 4) is 0 Å². The van der Waals surface area contributed by atoms with Crippen molar-refractivity contribution in [2.24, 2.45) is 8.80 Å². The molecule has 1 aliphatic heterocycles. The SMILES string of the molecule is CS/C(=N/S(=O)(=O)c1ccc(NC(C)=O)cc1)N1CCN(/C(=N\S(=O)(=O)c2ccc(NC(C)=O)cc2)SC)CC1. The number of carbonyl (C=O) groups excluding carboxylic acids is 2. The fourth-order valence-electron chi connectivity index (χ4n) is 3.68. The van der Waals surface area contributed by atoms with Gasteiger partial charge in [-0.15, -0.1) is 8.80 Å². The molecule has 1 fully saturated rings. The summed E-state index contributed by atoms with van der Waals surface area (Å²) in [5, 5.41) is 5.81. The summed E-state index contributed by atoms with van der Waals surface area (Å²) in [6, 6.07) is 11.5. The van der Waals surface area contributed by atoms with Crippen LogP contribution in [-0.4, -0.2) is 87.5 Å². The lowest BCUT2D eigenvalue weighted by molar-refractivity contribution is -0.115. The van der Waals surface area contributed by atoms with Crippen LogP contribution in [0.25, 0.3) is 0 Å². The van der Waals surface area contributed by atoms with Gasteiger partial charge in [-0.25, -0.2) is 0 Å². The van der Waals surface area contributed by atoms with Crippen LogP contribution in [-0.2, 0) is 29.6 Å². The number of benzene rings is 2. The number of nitrogens with zero attached hydrogens (tertiary/aromatic N) is 4. The Kier molecular flexibility index (Phi) is 10.6. The molecule has 1 saturated heterocycles. The van der Waals surface area contributed by atoms with Crippen LogP contribution in [0.1, 0.15) is 13.8 Å². The van der Waals surface area contributed by atoms with Crippen molar-refractivity contribution in [3.05, 3.63) is 48.5 Å². The Hall–Kier alpha value is -3.08. The van der Waals surface area contributed by atoms with Crippen LogP contribution in [0.4, 0.5) is 11.4 Å². The van der Waals surface area contributed by atoms with Gasteiger partial charge >= 0.3 is 0 Å². The Balaban J connectivity index is 1.71. The van der Waals surface area contributed by atoms with Gasteiger partial charge in [0.2, 0.25) is 11.8 Å². The second-order valence-corrected chi connectivity index (χ2v) is 13.2. The maximum absolute atomic E-state index is 12.9. The molecular weight excluding hydrogens is 597 g/mol. The molecule has 1 aliphatic rings. The summed E-state index contributed by atoms with van der Waals surface area (Å²) in [7, 11) is -7.99. The first-order chi connectivity index (χ1) is 18.8. The van der Waals surface area contributed by atoms with Crippen molar-refractivity contribution in [1.82, 2.24) is 9.80 Å². The Morgan fingerprint density at radius 1 is 0.650 bits per heavy atom.